The minimum absolute atomic E-state index is 0.129. The van der Waals surface area contributed by atoms with Gasteiger partial charge in [-0.15, -0.1) is 0 Å². The van der Waals surface area contributed by atoms with Crippen LogP contribution in [-0.4, -0.2) is 29.2 Å². The molecule has 0 bridgehead atoms. The van der Waals surface area contributed by atoms with Crippen molar-refractivity contribution in [3.8, 4) is 5.75 Å². The quantitative estimate of drug-likeness (QED) is 0.836. The lowest BCUT2D eigenvalue weighted by Gasteiger charge is -2.31. The van der Waals surface area contributed by atoms with Gasteiger partial charge in [0.2, 0.25) is 5.91 Å². The van der Waals surface area contributed by atoms with Crippen molar-refractivity contribution in [1.29, 1.82) is 0 Å². The first-order valence-corrected chi connectivity index (χ1v) is 8.87. The Balaban J connectivity index is 0.000000817. The topological polar surface area (TPSA) is 111 Å². The van der Waals surface area contributed by atoms with E-state index in [0.29, 0.717) is 18.0 Å². The lowest BCUT2D eigenvalue weighted by Crippen LogP contribution is -2.50. The van der Waals surface area contributed by atoms with Crippen LogP contribution in [-0.2, 0) is 14.4 Å². The Labute approximate surface area is 158 Å². The summed E-state index contributed by atoms with van der Waals surface area (Å²) in [7, 11) is 0. The van der Waals surface area contributed by atoms with Crippen molar-refractivity contribution in [1.82, 2.24) is 10.3 Å². The van der Waals surface area contributed by atoms with E-state index in [1.165, 1.54) is 0 Å². The van der Waals surface area contributed by atoms with Gasteiger partial charge in [0.25, 0.3) is 0 Å². The van der Waals surface area contributed by atoms with Gasteiger partial charge in [-0.25, -0.2) is 0 Å². The van der Waals surface area contributed by atoms with E-state index < -0.39 is 5.54 Å². The maximum Gasteiger partial charge on any atom is 0.373 e. The summed E-state index contributed by atoms with van der Waals surface area (Å²) in [5.41, 5.74) is 8.07. The van der Waals surface area contributed by atoms with Crippen LogP contribution < -0.4 is 15.8 Å². The molecular weight excluding hydrogens is 346 g/mol. The van der Waals surface area contributed by atoms with Crippen LogP contribution >= 0.6 is 0 Å². The van der Waals surface area contributed by atoms with E-state index in [9.17, 15) is 4.79 Å². The molecule has 27 heavy (non-hydrogen) atoms. The molecule has 1 aromatic carbocycles. The van der Waals surface area contributed by atoms with E-state index in [2.05, 4.69) is 10.3 Å². The normalized spacial score (nSPS) is 13.7. The van der Waals surface area contributed by atoms with Crippen LogP contribution in [0.3, 0.4) is 0 Å². The van der Waals surface area contributed by atoms with E-state index in [4.69, 9.17) is 20.1 Å². The molecule has 3 rings (SSSR count). The number of ether oxygens (including phenoxy) is 1. The fourth-order valence-corrected chi connectivity index (χ4v) is 2.94. The van der Waals surface area contributed by atoms with Gasteiger partial charge in [-0.3, -0.25) is 9.78 Å². The second kappa shape index (κ2) is 8.64. The monoisotopic (exact) mass is 371 g/mol. The van der Waals surface area contributed by atoms with Crippen LogP contribution in [0.1, 0.15) is 38.8 Å². The number of aromatic nitrogens is 1. The fraction of sp³-hybridized carbons (Fsp3) is 0.450. The molecule has 0 aliphatic heterocycles. The molecule has 0 saturated heterocycles. The van der Waals surface area contributed by atoms with Crippen LogP contribution in [0.2, 0.25) is 0 Å². The predicted molar refractivity (Wildman–Crippen MR) is 101 cm³/mol. The molecule has 0 unspecified atom stereocenters. The molecule has 1 fully saturated rings. The molecule has 0 atom stereocenters. The average Bonchev–Trinajstić information content (AvgIpc) is 2.50. The number of nitrogens with zero attached hydrogens (tertiary/aromatic N) is 1. The standard InChI is InChI=1S/C19H25N3O2.CO2/c1-12-10-14(20)17-15(21-12)8-5-9-16(17)24-11-19(2,3)22-18(23)13-6-4-7-13;2-1-3/h5,8-10,13H,4,6-7,11H2,1-3H3,(H2,20,21)(H,22,23);. The summed E-state index contributed by atoms with van der Waals surface area (Å²) >= 11 is 0. The van der Waals surface area contributed by atoms with Crippen molar-refractivity contribution >= 4 is 28.6 Å². The minimum atomic E-state index is -0.443. The third kappa shape index (κ3) is 5.28. The largest absolute Gasteiger partial charge is 0.490 e. The van der Waals surface area contributed by atoms with Crippen molar-refractivity contribution in [3.05, 3.63) is 30.0 Å². The summed E-state index contributed by atoms with van der Waals surface area (Å²) < 4.78 is 6.00. The first kappa shape index (κ1) is 20.4. The summed E-state index contributed by atoms with van der Waals surface area (Å²) in [5.74, 6) is 0.998. The maximum atomic E-state index is 12.2. The lowest BCUT2D eigenvalue weighted by atomic mass is 9.84. The van der Waals surface area contributed by atoms with E-state index in [0.717, 1.165) is 35.9 Å². The number of anilines is 1. The third-order valence-electron chi connectivity index (χ3n) is 4.48. The first-order chi connectivity index (χ1) is 12.8. The van der Waals surface area contributed by atoms with Crippen molar-refractivity contribution in [2.45, 2.75) is 45.6 Å². The molecule has 1 aliphatic carbocycles. The van der Waals surface area contributed by atoms with Gasteiger partial charge in [0.05, 0.1) is 16.4 Å². The lowest BCUT2D eigenvalue weighted by molar-refractivity contribution is -0.191. The Morgan fingerprint density at radius 2 is 2.04 bits per heavy atom. The Bertz CT molecular complexity index is 854. The van der Waals surface area contributed by atoms with Gasteiger partial charge >= 0.3 is 6.15 Å². The van der Waals surface area contributed by atoms with Crippen LogP contribution in [0.4, 0.5) is 5.69 Å². The molecule has 3 N–H and O–H groups in total. The molecule has 0 radical (unpaired) electrons. The van der Waals surface area contributed by atoms with Crippen molar-refractivity contribution in [2.75, 3.05) is 12.3 Å². The summed E-state index contributed by atoms with van der Waals surface area (Å²) in [5, 5.41) is 3.91. The van der Waals surface area contributed by atoms with Crippen LogP contribution in [0, 0.1) is 12.8 Å². The molecule has 1 heterocycles. The van der Waals surface area contributed by atoms with Gasteiger partial charge in [-0.05, 0) is 51.8 Å². The van der Waals surface area contributed by atoms with Crippen LogP contribution in [0.5, 0.6) is 5.75 Å². The van der Waals surface area contributed by atoms with Gasteiger partial charge in [0.1, 0.15) is 12.4 Å². The van der Waals surface area contributed by atoms with Gasteiger partial charge in [0.15, 0.2) is 0 Å². The number of fused-ring (bicyclic) bond motifs is 1. The number of carbonyl (C=O) groups is 1. The first-order valence-electron chi connectivity index (χ1n) is 8.87. The summed E-state index contributed by atoms with van der Waals surface area (Å²) in [6.07, 6.45) is 3.39. The van der Waals surface area contributed by atoms with Crippen molar-refractivity contribution in [3.63, 3.8) is 0 Å². The number of nitrogen functional groups attached to an aromatic ring is 1. The molecule has 7 heteroatoms. The number of aryl methyl sites for hydroxylation is 1. The average molecular weight is 371 g/mol. The number of benzene rings is 1. The van der Waals surface area contributed by atoms with E-state index >= 15 is 0 Å². The molecular formula is C20H25N3O4. The molecule has 2 aromatic rings. The summed E-state index contributed by atoms with van der Waals surface area (Å²) in [6.45, 7) is 6.24. The van der Waals surface area contributed by atoms with E-state index in [-0.39, 0.29) is 18.0 Å². The van der Waals surface area contributed by atoms with Gasteiger partial charge in [0, 0.05) is 17.3 Å². The highest BCUT2D eigenvalue weighted by molar-refractivity contribution is 5.95. The smallest absolute Gasteiger partial charge is 0.373 e. The zero-order valence-electron chi connectivity index (χ0n) is 15.9. The van der Waals surface area contributed by atoms with Gasteiger partial charge in [-0.1, -0.05) is 12.5 Å². The number of rotatable bonds is 5. The number of carbonyl (C=O) groups excluding carboxylic acids is 3. The summed E-state index contributed by atoms with van der Waals surface area (Å²) in [4.78, 5) is 32.9. The molecule has 1 aromatic heterocycles. The number of nitrogens with one attached hydrogen (secondary N) is 1. The Morgan fingerprint density at radius 3 is 2.63 bits per heavy atom. The maximum absolute atomic E-state index is 12.2. The number of nitrogens with two attached hydrogens (primary N) is 1. The minimum Gasteiger partial charge on any atom is -0.490 e. The van der Waals surface area contributed by atoms with Crippen molar-refractivity contribution in [2.24, 2.45) is 5.92 Å². The molecule has 0 spiro atoms. The molecule has 7 nitrogen and oxygen atoms in total. The SMILES string of the molecule is Cc1cc(N)c2c(OCC(C)(C)NC(=O)C3CCC3)cccc2n1.O=C=O. The molecule has 144 valence electrons. The Kier molecular flexibility index (Phi) is 6.53. The zero-order valence-corrected chi connectivity index (χ0v) is 15.9. The third-order valence-corrected chi connectivity index (χ3v) is 4.48. The van der Waals surface area contributed by atoms with Crippen molar-refractivity contribution < 1.29 is 19.1 Å². The highest BCUT2D eigenvalue weighted by atomic mass is 16.5. The van der Waals surface area contributed by atoms with Gasteiger partial charge < -0.3 is 15.8 Å². The highest BCUT2D eigenvalue weighted by Gasteiger charge is 2.30. The Morgan fingerprint density at radius 1 is 1.37 bits per heavy atom. The number of amides is 1. The molecule has 1 saturated carbocycles. The van der Waals surface area contributed by atoms with Crippen LogP contribution in [0.15, 0.2) is 24.3 Å². The second-order valence-electron chi connectivity index (χ2n) is 7.38. The predicted octanol–water partition coefficient (Wildman–Crippen LogP) is 2.62. The number of hydrogen-bond donors (Lipinski definition) is 2. The molecule has 1 amide bonds. The summed E-state index contributed by atoms with van der Waals surface area (Å²) in [6, 6.07) is 7.57. The molecule has 1 aliphatic rings. The van der Waals surface area contributed by atoms with E-state index in [1.54, 1.807) is 0 Å². The van der Waals surface area contributed by atoms with Gasteiger partial charge in [-0.2, -0.15) is 9.59 Å². The number of pyridine rings is 1. The fourth-order valence-electron chi connectivity index (χ4n) is 2.94. The Hall–Kier alpha value is -2.92. The zero-order chi connectivity index (χ0) is 20.0. The van der Waals surface area contributed by atoms with E-state index in [1.807, 2.05) is 45.0 Å². The van der Waals surface area contributed by atoms with Crippen LogP contribution in [0.25, 0.3) is 10.9 Å². The second-order valence-corrected chi connectivity index (χ2v) is 7.38. The highest BCUT2D eigenvalue weighted by Crippen LogP contribution is 2.31. The number of hydrogen-bond acceptors (Lipinski definition) is 6.